The third-order valence-electron chi connectivity index (χ3n) is 7.21. The fraction of sp³-hybridized carbons (Fsp3) is 0.739. The summed E-state index contributed by atoms with van der Waals surface area (Å²) in [6.45, 7) is 11.6. The minimum Gasteiger partial charge on any atom is -0.493 e. The van der Waals surface area contributed by atoms with Crippen LogP contribution in [0, 0.1) is 13.8 Å². The molecule has 3 heterocycles. The number of aliphatic hydroxyl groups is 1. The molecule has 4 rings (SSSR count). The lowest BCUT2D eigenvalue weighted by atomic mass is 10.0. The van der Waals surface area contributed by atoms with Crippen molar-refractivity contribution in [1.29, 1.82) is 0 Å². The number of aliphatic hydroxyl groups excluding tert-OH is 1. The standard InChI is InChI=1S/C23H37N3O2/c1-17-18(2)23(28-11-5-10-25-9-4-6-22(27)16-25)8-7-19(17)13-26-15-20-12-21(26)14-24(20)3/h7-8,20-22,27H,4-6,9-16H2,1-3H3. The van der Waals surface area contributed by atoms with Crippen LogP contribution in [0.2, 0.25) is 0 Å². The molecule has 1 aromatic rings. The van der Waals surface area contributed by atoms with Gasteiger partial charge in [-0.05, 0) is 75.9 Å². The highest BCUT2D eigenvalue weighted by Crippen LogP contribution is 2.32. The van der Waals surface area contributed by atoms with Crippen LogP contribution in [0.3, 0.4) is 0 Å². The molecule has 3 unspecified atom stereocenters. The second kappa shape index (κ2) is 8.70. The Kier molecular flexibility index (Phi) is 6.26. The van der Waals surface area contributed by atoms with Gasteiger partial charge in [0.05, 0.1) is 12.7 Å². The zero-order chi connectivity index (χ0) is 19.7. The zero-order valence-electron chi connectivity index (χ0n) is 17.9. The van der Waals surface area contributed by atoms with Gasteiger partial charge >= 0.3 is 0 Å². The van der Waals surface area contributed by atoms with Crippen LogP contribution in [0.15, 0.2) is 12.1 Å². The van der Waals surface area contributed by atoms with Gasteiger partial charge in [0.1, 0.15) is 5.75 Å². The molecular weight excluding hydrogens is 350 g/mol. The Morgan fingerprint density at radius 3 is 2.68 bits per heavy atom. The van der Waals surface area contributed by atoms with Crippen molar-refractivity contribution in [2.45, 2.75) is 64.3 Å². The third kappa shape index (κ3) is 4.38. The topological polar surface area (TPSA) is 39.2 Å². The maximum absolute atomic E-state index is 9.78. The minimum atomic E-state index is -0.140. The van der Waals surface area contributed by atoms with Crippen molar-refractivity contribution in [3.05, 3.63) is 28.8 Å². The lowest BCUT2D eigenvalue weighted by Gasteiger charge is -2.32. The molecule has 1 aromatic carbocycles. The van der Waals surface area contributed by atoms with Gasteiger partial charge in [0.2, 0.25) is 0 Å². The third-order valence-corrected chi connectivity index (χ3v) is 7.21. The molecule has 28 heavy (non-hydrogen) atoms. The number of hydrogen-bond donors (Lipinski definition) is 1. The molecule has 156 valence electrons. The number of fused-ring (bicyclic) bond motifs is 2. The first kappa shape index (κ1) is 20.1. The SMILES string of the molecule is Cc1c(CN2CC3CC2CN3C)ccc(OCCCN2CCCC(O)C2)c1C. The van der Waals surface area contributed by atoms with Gasteiger partial charge in [0.25, 0.3) is 0 Å². The van der Waals surface area contributed by atoms with E-state index in [9.17, 15) is 5.11 Å². The number of ether oxygens (including phenoxy) is 1. The predicted molar refractivity (Wildman–Crippen MR) is 113 cm³/mol. The molecule has 1 N–H and O–H groups in total. The van der Waals surface area contributed by atoms with Gasteiger partial charge < -0.3 is 19.6 Å². The van der Waals surface area contributed by atoms with Crippen LogP contribution in [0.25, 0.3) is 0 Å². The van der Waals surface area contributed by atoms with Gasteiger partial charge in [0.15, 0.2) is 0 Å². The second-order valence-electron chi connectivity index (χ2n) is 9.18. The van der Waals surface area contributed by atoms with E-state index in [-0.39, 0.29) is 6.10 Å². The highest BCUT2D eigenvalue weighted by Gasteiger charge is 2.41. The Balaban J connectivity index is 1.27. The van der Waals surface area contributed by atoms with Crippen molar-refractivity contribution in [2.75, 3.05) is 46.4 Å². The van der Waals surface area contributed by atoms with Crippen molar-refractivity contribution in [2.24, 2.45) is 0 Å². The molecule has 0 aromatic heterocycles. The van der Waals surface area contributed by atoms with Gasteiger partial charge in [-0.15, -0.1) is 0 Å². The summed E-state index contributed by atoms with van der Waals surface area (Å²) >= 11 is 0. The molecular formula is C23H37N3O2. The van der Waals surface area contributed by atoms with Crippen LogP contribution in [-0.2, 0) is 6.54 Å². The normalized spacial score (nSPS) is 28.9. The zero-order valence-corrected chi connectivity index (χ0v) is 17.9. The van der Waals surface area contributed by atoms with Crippen molar-refractivity contribution in [3.63, 3.8) is 0 Å². The number of likely N-dealkylation sites (N-methyl/N-ethyl adjacent to an activating group) is 1. The first-order valence-corrected chi connectivity index (χ1v) is 11.1. The maximum atomic E-state index is 9.78. The van der Waals surface area contributed by atoms with Crippen molar-refractivity contribution < 1.29 is 9.84 Å². The number of hydrogen-bond acceptors (Lipinski definition) is 5. The highest BCUT2D eigenvalue weighted by atomic mass is 16.5. The number of benzene rings is 1. The molecule has 0 saturated carbocycles. The summed E-state index contributed by atoms with van der Waals surface area (Å²) in [5.41, 5.74) is 4.11. The monoisotopic (exact) mass is 387 g/mol. The maximum Gasteiger partial charge on any atom is 0.122 e. The van der Waals surface area contributed by atoms with E-state index in [4.69, 9.17) is 4.74 Å². The molecule has 5 nitrogen and oxygen atoms in total. The van der Waals surface area contributed by atoms with E-state index >= 15 is 0 Å². The summed E-state index contributed by atoms with van der Waals surface area (Å²) in [5, 5.41) is 9.78. The molecule has 3 aliphatic heterocycles. The first-order chi connectivity index (χ1) is 13.5. The van der Waals surface area contributed by atoms with Gasteiger partial charge in [-0.2, -0.15) is 0 Å². The van der Waals surface area contributed by atoms with E-state index in [0.717, 1.165) is 69.9 Å². The van der Waals surface area contributed by atoms with Crippen LogP contribution in [0.1, 0.15) is 42.4 Å². The van der Waals surface area contributed by atoms with E-state index in [1.165, 1.54) is 36.2 Å². The Morgan fingerprint density at radius 2 is 1.96 bits per heavy atom. The molecule has 3 fully saturated rings. The first-order valence-electron chi connectivity index (χ1n) is 11.1. The number of piperazine rings is 1. The Hall–Kier alpha value is -1.14. The summed E-state index contributed by atoms with van der Waals surface area (Å²) in [6.07, 6.45) is 4.27. The molecule has 0 amide bonds. The fourth-order valence-electron chi connectivity index (χ4n) is 5.24. The van der Waals surface area contributed by atoms with Crippen LogP contribution in [0.5, 0.6) is 5.75 Å². The molecule has 0 aliphatic carbocycles. The predicted octanol–water partition coefficient (Wildman–Crippen LogP) is 2.42. The molecule has 3 aliphatic rings. The number of nitrogens with zero attached hydrogens (tertiary/aromatic N) is 3. The lowest BCUT2D eigenvalue weighted by molar-refractivity contribution is 0.0678. The molecule has 0 radical (unpaired) electrons. The van der Waals surface area contributed by atoms with Crippen molar-refractivity contribution in [1.82, 2.24) is 14.7 Å². The van der Waals surface area contributed by atoms with Gasteiger partial charge in [-0.3, -0.25) is 4.90 Å². The van der Waals surface area contributed by atoms with Crippen molar-refractivity contribution >= 4 is 0 Å². The van der Waals surface area contributed by atoms with E-state index in [0.29, 0.717) is 0 Å². The number of β-amino-alcohol motifs (C(OH)–C–C–N with tert-alkyl or cyclic N) is 1. The van der Waals surface area contributed by atoms with Gasteiger partial charge in [-0.1, -0.05) is 6.07 Å². The number of piperidine rings is 1. The van der Waals surface area contributed by atoms with Crippen LogP contribution >= 0.6 is 0 Å². The van der Waals surface area contributed by atoms with Crippen LogP contribution in [-0.4, -0.2) is 84.4 Å². The van der Waals surface area contributed by atoms with Crippen LogP contribution in [0.4, 0.5) is 0 Å². The minimum absolute atomic E-state index is 0.140. The lowest BCUT2D eigenvalue weighted by Crippen LogP contribution is -2.44. The summed E-state index contributed by atoms with van der Waals surface area (Å²) in [4.78, 5) is 7.54. The average Bonchev–Trinajstić information content (AvgIpc) is 3.23. The molecule has 3 atom stereocenters. The average molecular weight is 388 g/mol. The van der Waals surface area contributed by atoms with E-state index in [2.05, 4.69) is 47.7 Å². The quantitative estimate of drug-likeness (QED) is 0.728. The largest absolute Gasteiger partial charge is 0.493 e. The summed E-state index contributed by atoms with van der Waals surface area (Å²) in [6, 6.07) is 5.94. The number of rotatable bonds is 7. The van der Waals surface area contributed by atoms with Crippen LogP contribution < -0.4 is 4.74 Å². The van der Waals surface area contributed by atoms with E-state index < -0.39 is 0 Å². The molecule has 2 bridgehead atoms. The van der Waals surface area contributed by atoms with E-state index in [1.807, 2.05) is 0 Å². The van der Waals surface area contributed by atoms with Gasteiger partial charge in [-0.25, -0.2) is 0 Å². The van der Waals surface area contributed by atoms with E-state index in [1.54, 1.807) is 0 Å². The summed E-state index contributed by atoms with van der Waals surface area (Å²) < 4.78 is 6.11. The number of likely N-dealkylation sites (tertiary alicyclic amines) is 3. The van der Waals surface area contributed by atoms with Crippen molar-refractivity contribution in [3.8, 4) is 5.75 Å². The summed E-state index contributed by atoms with van der Waals surface area (Å²) in [7, 11) is 2.26. The second-order valence-corrected chi connectivity index (χ2v) is 9.18. The highest BCUT2D eigenvalue weighted by molar-refractivity contribution is 5.43. The van der Waals surface area contributed by atoms with Gasteiger partial charge in [0, 0.05) is 44.8 Å². The Morgan fingerprint density at radius 1 is 1.11 bits per heavy atom. The summed E-state index contributed by atoms with van der Waals surface area (Å²) in [5.74, 6) is 1.03. The fourth-order valence-corrected chi connectivity index (χ4v) is 5.24. The molecule has 5 heteroatoms. The molecule has 0 spiro atoms. The Labute approximate surface area is 170 Å². The molecule has 3 saturated heterocycles. The Bertz CT molecular complexity index is 678. The smallest absolute Gasteiger partial charge is 0.122 e.